The molecule has 1 aromatic rings. The number of hydrogen-bond donors (Lipinski definition) is 2. The van der Waals surface area contributed by atoms with Crippen LogP contribution in [0.2, 0.25) is 0 Å². The van der Waals surface area contributed by atoms with Crippen molar-refractivity contribution in [3.63, 3.8) is 0 Å². The summed E-state index contributed by atoms with van der Waals surface area (Å²) >= 11 is 0. The fourth-order valence-corrected chi connectivity index (χ4v) is 1.59. The van der Waals surface area contributed by atoms with Crippen LogP contribution in [0.25, 0.3) is 0 Å². The van der Waals surface area contributed by atoms with Crippen LogP contribution in [0.3, 0.4) is 0 Å². The maximum Gasteiger partial charge on any atom is 0.248 e. The second kappa shape index (κ2) is 7.08. The van der Waals surface area contributed by atoms with E-state index in [0.29, 0.717) is 12.1 Å². The maximum absolute atomic E-state index is 13.6. The first-order valence-electron chi connectivity index (χ1n) is 5.94. The normalized spacial score (nSPS) is 10.9. The van der Waals surface area contributed by atoms with Gasteiger partial charge in [-0.05, 0) is 45.7 Å². The van der Waals surface area contributed by atoms with Crippen molar-refractivity contribution >= 4 is 5.91 Å². The summed E-state index contributed by atoms with van der Waals surface area (Å²) in [5, 5.41) is 3.16. The van der Waals surface area contributed by atoms with Crippen molar-refractivity contribution in [3.05, 3.63) is 35.1 Å². The summed E-state index contributed by atoms with van der Waals surface area (Å²) in [6.45, 7) is 2.28. The third kappa shape index (κ3) is 4.81. The lowest BCUT2D eigenvalue weighted by molar-refractivity contribution is 0.1000. The van der Waals surface area contributed by atoms with Gasteiger partial charge in [-0.3, -0.25) is 4.79 Å². The van der Waals surface area contributed by atoms with Gasteiger partial charge in [0.1, 0.15) is 5.82 Å². The second-order valence-electron chi connectivity index (χ2n) is 4.50. The van der Waals surface area contributed by atoms with E-state index in [0.717, 1.165) is 19.5 Å². The molecule has 100 valence electrons. The molecule has 0 aromatic heterocycles. The average molecular weight is 253 g/mol. The molecule has 1 amide bonds. The first kappa shape index (κ1) is 14.6. The van der Waals surface area contributed by atoms with Crippen LogP contribution in [0.4, 0.5) is 4.39 Å². The molecule has 0 atom stereocenters. The van der Waals surface area contributed by atoms with Gasteiger partial charge in [-0.1, -0.05) is 6.07 Å². The topological polar surface area (TPSA) is 58.4 Å². The molecular formula is C13H20FN3O. The number of nitrogens with one attached hydrogen (secondary N) is 1. The standard InChI is InChI=1S/C13H20FN3O/c1-17(2)7-3-6-16-9-11-5-4-10(13(15)18)8-12(11)14/h4-5,8,16H,3,6-7,9H2,1-2H3,(H2,15,18). The second-order valence-corrected chi connectivity index (χ2v) is 4.50. The van der Waals surface area contributed by atoms with Gasteiger partial charge in [0.05, 0.1) is 0 Å². The molecule has 3 N–H and O–H groups in total. The molecule has 0 fully saturated rings. The summed E-state index contributed by atoms with van der Waals surface area (Å²) < 4.78 is 13.6. The van der Waals surface area contributed by atoms with Crippen LogP contribution in [0, 0.1) is 5.82 Å². The van der Waals surface area contributed by atoms with E-state index in [1.165, 1.54) is 6.07 Å². The highest BCUT2D eigenvalue weighted by Crippen LogP contribution is 2.09. The van der Waals surface area contributed by atoms with Gasteiger partial charge in [-0.2, -0.15) is 0 Å². The summed E-state index contributed by atoms with van der Waals surface area (Å²) in [7, 11) is 4.03. The molecule has 4 nitrogen and oxygen atoms in total. The quantitative estimate of drug-likeness (QED) is 0.712. The molecule has 0 heterocycles. The van der Waals surface area contributed by atoms with Gasteiger partial charge in [0.25, 0.3) is 0 Å². The summed E-state index contributed by atoms with van der Waals surface area (Å²) in [4.78, 5) is 13.0. The summed E-state index contributed by atoms with van der Waals surface area (Å²) in [5.74, 6) is -1.01. The molecule has 0 saturated carbocycles. The van der Waals surface area contributed by atoms with Gasteiger partial charge in [0, 0.05) is 17.7 Å². The molecule has 1 rings (SSSR count). The summed E-state index contributed by atoms with van der Waals surface area (Å²) in [5.41, 5.74) is 5.82. The summed E-state index contributed by atoms with van der Waals surface area (Å²) in [6.07, 6.45) is 1.01. The zero-order valence-corrected chi connectivity index (χ0v) is 10.9. The van der Waals surface area contributed by atoms with Gasteiger partial charge in [-0.25, -0.2) is 4.39 Å². The number of carbonyl (C=O) groups is 1. The lowest BCUT2D eigenvalue weighted by atomic mass is 10.1. The van der Waals surface area contributed by atoms with Gasteiger partial charge < -0.3 is 16.0 Å². The first-order valence-corrected chi connectivity index (χ1v) is 5.94. The molecule has 18 heavy (non-hydrogen) atoms. The van der Waals surface area contributed by atoms with Crippen LogP contribution in [-0.2, 0) is 6.54 Å². The van der Waals surface area contributed by atoms with Crippen LogP contribution in [0.1, 0.15) is 22.3 Å². The van der Waals surface area contributed by atoms with Gasteiger partial charge in [0.2, 0.25) is 5.91 Å². The third-order valence-corrected chi connectivity index (χ3v) is 2.61. The van der Waals surface area contributed by atoms with Crippen LogP contribution in [-0.4, -0.2) is 38.0 Å². The predicted octanol–water partition coefficient (Wildman–Crippen LogP) is 0.966. The monoisotopic (exact) mass is 253 g/mol. The Morgan fingerprint density at radius 3 is 2.72 bits per heavy atom. The molecule has 0 bridgehead atoms. The molecule has 0 aliphatic heterocycles. The Bertz CT molecular complexity index is 407. The SMILES string of the molecule is CN(C)CCCNCc1ccc(C(N)=O)cc1F. The van der Waals surface area contributed by atoms with Gasteiger partial charge in [-0.15, -0.1) is 0 Å². The number of amides is 1. The first-order chi connectivity index (χ1) is 8.50. The zero-order chi connectivity index (χ0) is 13.5. The van der Waals surface area contributed by atoms with Crippen molar-refractivity contribution in [2.45, 2.75) is 13.0 Å². The molecule has 0 unspecified atom stereocenters. The van der Waals surface area contributed by atoms with E-state index >= 15 is 0 Å². The molecule has 0 saturated heterocycles. The highest BCUT2D eigenvalue weighted by atomic mass is 19.1. The predicted molar refractivity (Wildman–Crippen MR) is 69.8 cm³/mol. The minimum Gasteiger partial charge on any atom is -0.366 e. The molecule has 0 radical (unpaired) electrons. The van der Waals surface area contributed by atoms with E-state index in [-0.39, 0.29) is 5.56 Å². The van der Waals surface area contributed by atoms with Crippen molar-refractivity contribution < 1.29 is 9.18 Å². The molecule has 0 spiro atoms. The van der Waals surface area contributed by atoms with Crippen molar-refractivity contribution in [2.24, 2.45) is 5.73 Å². The minimum absolute atomic E-state index is 0.198. The smallest absolute Gasteiger partial charge is 0.248 e. The largest absolute Gasteiger partial charge is 0.366 e. The molecule has 1 aromatic carbocycles. The Morgan fingerprint density at radius 2 is 2.17 bits per heavy atom. The third-order valence-electron chi connectivity index (χ3n) is 2.61. The zero-order valence-electron chi connectivity index (χ0n) is 10.9. The Kier molecular flexibility index (Phi) is 5.74. The number of benzene rings is 1. The fourth-order valence-electron chi connectivity index (χ4n) is 1.59. The number of carbonyl (C=O) groups excluding carboxylic acids is 1. The Hall–Kier alpha value is -1.46. The molecule has 0 aliphatic carbocycles. The number of nitrogens with two attached hydrogens (primary N) is 1. The van der Waals surface area contributed by atoms with E-state index < -0.39 is 11.7 Å². The molecule has 5 heteroatoms. The van der Waals surface area contributed by atoms with E-state index in [4.69, 9.17) is 5.73 Å². The van der Waals surface area contributed by atoms with Gasteiger partial charge in [0.15, 0.2) is 0 Å². The van der Waals surface area contributed by atoms with Crippen LogP contribution in [0.15, 0.2) is 18.2 Å². The Balaban J connectivity index is 2.41. The number of primary amides is 1. The number of hydrogen-bond acceptors (Lipinski definition) is 3. The van der Waals surface area contributed by atoms with Crippen LogP contribution in [0.5, 0.6) is 0 Å². The average Bonchev–Trinajstić information content (AvgIpc) is 2.29. The van der Waals surface area contributed by atoms with Crippen molar-refractivity contribution in [1.29, 1.82) is 0 Å². The van der Waals surface area contributed by atoms with Crippen molar-refractivity contribution in [2.75, 3.05) is 27.2 Å². The van der Waals surface area contributed by atoms with Crippen LogP contribution < -0.4 is 11.1 Å². The highest BCUT2D eigenvalue weighted by molar-refractivity contribution is 5.92. The lowest BCUT2D eigenvalue weighted by Gasteiger charge is -2.10. The minimum atomic E-state index is -0.612. The number of nitrogens with zero attached hydrogens (tertiary/aromatic N) is 1. The molecule has 0 aliphatic rings. The number of halogens is 1. The van der Waals surface area contributed by atoms with Crippen LogP contribution >= 0.6 is 0 Å². The Morgan fingerprint density at radius 1 is 1.44 bits per heavy atom. The van der Waals surface area contributed by atoms with E-state index in [1.54, 1.807) is 12.1 Å². The van der Waals surface area contributed by atoms with Crippen molar-refractivity contribution in [1.82, 2.24) is 10.2 Å². The number of rotatable bonds is 7. The highest BCUT2D eigenvalue weighted by Gasteiger charge is 2.06. The van der Waals surface area contributed by atoms with E-state index in [1.807, 2.05) is 14.1 Å². The van der Waals surface area contributed by atoms with Gasteiger partial charge >= 0.3 is 0 Å². The fraction of sp³-hybridized carbons (Fsp3) is 0.462. The lowest BCUT2D eigenvalue weighted by Crippen LogP contribution is -2.21. The van der Waals surface area contributed by atoms with E-state index in [9.17, 15) is 9.18 Å². The van der Waals surface area contributed by atoms with E-state index in [2.05, 4.69) is 10.2 Å². The summed E-state index contributed by atoms with van der Waals surface area (Å²) in [6, 6.07) is 4.32. The van der Waals surface area contributed by atoms with Crippen molar-refractivity contribution in [3.8, 4) is 0 Å². The Labute approximate surface area is 107 Å². The molecular weight excluding hydrogens is 233 g/mol. The maximum atomic E-state index is 13.6.